The summed E-state index contributed by atoms with van der Waals surface area (Å²) in [4.78, 5) is 0. The number of aromatic nitrogens is 1. The maximum atomic E-state index is 5.51. The summed E-state index contributed by atoms with van der Waals surface area (Å²) in [7, 11) is 0. The molecule has 1 aromatic rings. The third-order valence-corrected chi connectivity index (χ3v) is 4.00. The van der Waals surface area contributed by atoms with E-state index >= 15 is 0 Å². The molecule has 1 saturated heterocycles. The van der Waals surface area contributed by atoms with Crippen molar-refractivity contribution < 1.29 is 4.74 Å². The maximum absolute atomic E-state index is 5.51. The van der Waals surface area contributed by atoms with Gasteiger partial charge in [0, 0.05) is 37.6 Å². The van der Waals surface area contributed by atoms with Gasteiger partial charge in [-0.1, -0.05) is 0 Å². The van der Waals surface area contributed by atoms with Gasteiger partial charge in [-0.05, 0) is 51.2 Å². The van der Waals surface area contributed by atoms with Gasteiger partial charge in [0.1, 0.15) is 0 Å². The molecule has 2 heterocycles. The second-order valence-electron chi connectivity index (χ2n) is 5.35. The minimum atomic E-state index is 0.702. The van der Waals surface area contributed by atoms with Crippen molar-refractivity contribution in [2.75, 3.05) is 19.8 Å². The highest BCUT2D eigenvalue weighted by atomic mass is 16.5. The lowest BCUT2D eigenvalue weighted by atomic mass is 10.0. The molecule has 0 amide bonds. The van der Waals surface area contributed by atoms with Gasteiger partial charge in [0.05, 0.1) is 6.61 Å². The minimum absolute atomic E-state index is 0.702. The topological polar surface area (TPSA) is 26.2 Å². The van der Waals surface area contributed by atoms with E-state index < -0.39 is 0 Å². The van der Waals surface area contributed by atoms with Crippen molar-refractivity contribution in [3.05, 3.63) is 23.0 Å². The zero-order valence-corrected chi connectivity index (χ0v) is 12.0. The van der Waals surface area contributed by atoms with Crippen LogP contribution >= 0.6 is 0 Å². The maximum Gasteiger partial charge on any atom is 0.0506 e. The van der Waals surface area contributed by atoms with Gasteiger partial charge in [0.15, 0.2) is 0 Å². The second kappa shape index (κ2) is 6.39. The van der Waals surface area contributed by atoms with E-state index in [1.165, 1.54) is 29.8 Å². The molecule has 1 N–H and O–H groups in total. The van der Waals surface area contributed by atoms with Crippen LogP contribution in [0.2, 0.25) is 0 Å². The van der Waals surface area contributed by atoms with Gasteiger partial charge >= 0.3 is 0 Å². The molecular formula is C15H26N2O. The molecule has 102 valence electrons. The van der Waals surface area contributed by atoms with Gasteiger partial charge in [-0.2, -0.15) is 0 Å². The number of hydrogen-bond acceptors (Lipinski definition) is 2. The molecule has 1 atom stereocenters. The van der Waals surface area contributed by atoms with Crippen molar-refractivity contribution >= 4 is 0 Å². The lowest BCUT2D eigenvalue weighted by Gasteiger charge is -2.22. The van der Waals surface area contributed by atoms with E-state index in [9.17, 15) is 0 Å². The van der Waals surface area contributed by atoms with Gasteiger partial charge in [-0.15, -0.1) is 0 Å². The van der Waals surface area contributed by atoms with Crippen LogP contribution in [0.5, 0.6) is 0 Å². The minimum Gasteiger partial charge on any atom is -0.381 e. The Labute approximate surface area is 111 Å². The van der Waals surface area contributed by atoms with Crippen molar-refractivity contribution in [2.45, 2.75) is 46.7 Å². The van der Waals surface area contributed by atoms with Crippen LogP contribution < -0.4 is 5.32 Å². The normalized spacial score (nSPS) is 20.3. The molecule has 1 unspecified atom stereocenters. The molecule has 18 heavy (non-hydrogen) atoms. The van der Waals surface area contributed by atoms with E-state index in [4.69, 9.17) is 4.74 Å². The summed E-state index contributed by atoms with van der Waals surface area (Å²) >= 11 is 0. The first kappa shape index (κ1) is 13.6. The summed E-state index contributed by atoms with van der Waals surface area (Å²) in [6, 6.07) is 2.31. The molecule has 2 rings (SSSR count). The van der Waals surface area contributed by atoms with Gasteiger partial charge in [-0.3, -0.25) is 0 Å². The lowest BCUT2D eigenvalue weighted by molar-refractivity contribution is 0.0547. The number of hydrogen-bond donors (Lipinski definition) is 1. The molecule has 0 spiro atoms. The van der Waals surface area contributed by atoms with Gasteiger partial charge in [0.2, 0.25) is 0 Å². The molecule has 0 aliphatic carbocycles. The van der Waals surface area contributed by atoms with Crippen molar-refractivity contribution in [1.82, 2.24) is 9.88 Å². The number of aryl methyl sites for hydroxylation is 1. The first-order valence-corrected chi connectivity index (χ1v) is 7.16. The zero-order chi connectivity index (χ0) is 13.0. The molecule has 1 aliphatic rings. The Morgan fingerprint density at radius 2 is 2.28 bits per heavy atom. The van der Waals surface area contributed by atoms with Gasteiger partial charge < -0.3 is 14.6 Å². The number of ether oxygens (including phenoxy) is 1. The quantitative estimate of drug-likeness (QED) is 0.869. The van der Waals surface area contributed by atoms with E-state index in [2.05, 4.69) is 36.7 Å². The molecule has 0 aromatic carbocycles. The standard InChI is InChI=1S/C15H26N2O/c1-4-17-12(2)8-15(13(17)3)10-16-9-14-6-5-7-18-11-14/h8,14,16H,4-7,9-11H2,1-3H3. The summed E-state index contributed by atoms with van der Waals surface area (Å²) in [5.74, 6) is 0.702. The highest BCUT2D eigenvalue weighted by molar-refractivity contribution is 5.26. The molecule has 1 aliphatic heterocycles. The van der Waals surface area contributed by atoms with Crippen LogP contribution in [0.3, 0.4) is 0 Å². The SMILES string of the molecule is CCn1c(C)cc(CNCC2CCCOC2)c1C. The van der Waals surface area contributed by atoms with Crippen LogP contribution in [0, 0.1) is 19.8 Å². The molecule has 0 bridgehead atoms. The molecule has 0 saturated carbocycles. The summed E-state index contributed by atoms with van der Waals surface area (Å²) < 4.78 is 7.88. The highest BCUT2D eigenvalue weighted by Crippen LogP contribution is 2.16. The largest absolute Gasteiger partial charge is 0.381 e. The van der Waals surface area contributed by atoms with Crippen LogP contribution in [-0.2, 0) is 17.8 Å². The van der Waals surface area contributed by atoms with E-state index in [0.717, 1.165) is 32.8 Å². The smallest absolute Gasteiger partial charge is 0.0506 e. The van der Waals surface area contributed by atoms with Crippen molar-refractivity contribution in [3.63, 3.8) is 0 Å². The van der Waals surface area contributed by atoms with Crippen molar-refractivity contribution in [1.29, 1.82) is 0 Å². The number of rotatable bonds is 5. The van der Waals surface area contributed by atoms with Crippen LogP contribution in [0.4, 0.5) is 0 Å². The van der Waals surface area contributed by atoms with Crippen LogP contribution in [-0.4, -0.2) is 24.3 Å². The van der Waals surface area contributed by atoms with Crippen LogP contribution in [0.1, 0.15) is 36.7 Å². The Hall–Kier alpha value is -0.800. The predicted octanol–water partition coefficient (Wildman–Crippen LogP) is 2.64. The third-order valence-electron chi connectivity index (χ3n) is 4.00. The molecule has 3 heteroatoms. The van der Waals surface area contributed by atoms with Crippen molar-refractivity contribution in [2.24, 2.45) is 5.92 Å². The number of nitrogens with zero attached hydrogens (tertiary/aromatic N) is 1. The Kier molecular flexibility index (Phi) is 4.84. The predicted molar refractivity (Wildman–Crippen MR) is 74.8 cm³/mol. The fourth-order valence-electron chi connectivity index (χ4n) is 2.92. The van der Waals surface area contributed by atoms with E-state index in [-0.39, 0.29) is 0 Å². The Morgan fingerprint density at radius 3 is 2.89 bits per heavy atom. The van der Waals surface area contributed by atoms with Crippen LogP contribution in [0.25, 0.3) is 0 Å². The second-order valence-corrected chi connectivity index (χ2v) is 5.35. The highest BCUT2D eigenvalue weighted by Gasteiger charge is 2.14. The molecular weight excluding hydrogens is 224 g/mol. The molecule has 0 radical (unpaired) electrons. The first-order valence-electron chi connectivity index (χ1n) is 7.16. The van der Waals surface area contributed by atoms with Gasteiger partial charge in [-0.25, -0.2) is 0 Å². The summed E-state index contributed by atoms with van der Waals surface area (Å²) in [6.07, 6.45) is 2.53. The summed E-state index contributed by atoms with van der Waals surface area (Å²) in [5, 5.41) is 3.58. The van der Waals surface area contributed by atoms with E-state index in [0.29, 0.717) is 5.92 Å². The fraction of sp³-hybridized carbons (Fsp3) is 0.733. The average Bonchev–Trinajstić information content (AvgIpc) is 2.65. The Balaban J connectivity index is 1.82. The van der Waals surface area contributed by atoms with Crippen molar-refractivity contribution in [3.8, 4) is 0 Å². The third kappa shape index (κ3) is 3.15. The number of nitrogens with one attached hydrogen (secondary N) is 1. The molecule has 1 aromatic heterocycles. The molecule has 3 nitrogen and oxygen atoms in total. The zero-order valence-electron chi connectivity index (χ0n) is 12.0. The Morgan fingerprint density at radius 1 is 1.44 bits per heavy atom. The van der Waals surface area contributed by atoms with Gasteiger partial charge in [0.25, 0.3) is 0 Å². The first-order chi connectivity index (χ1) is 8.72. The molecule has 1 fully saturated rings. The van der Waals surface area contributed by atoms with E-state index in [1.54, 1.807) is 0 Å². The van der Waals surface area contributed by atoms with E-state index in [1.807, 2.05) is 0 Å². The monoisotopic (exact) mass is 250 g/mol. The van der Waals surface area contributed by atoms with Crippen LogP contribution in [0.15, 0.2) is 6.07 Å². The summed E-state index contributed by atoms with van der Waals surface area (Å²) in [5.41, 5.74) is 4.21. The Bertz CT molecular complexity index is 378. The average molecular weight is 250 g/mol. The lowest BCUT2D eigenvalue weighted by Crippen LogP contribution is -2.29. The fourth-order valence-corrected chi connectivity index (χ4v) is 2.92. The summed E-state index contributed by atoms with van der Waals surface area (Å²) in [6.45, 7) is 11.6.